The highest BCUT2D eigenvalue weighted by Crippen LogP contribution is 2.09. The Morgan fingerprint density at radius 3 is 1.50 bits per heavy atom. The Morgan fingerprint density at radius 2 is 1.15 bits per heavy atom. The number of nitrogens with two attached hydrogens (primary N) is 1. The molecule has 0 aromatic carbocycles. The van der Waals surface area contributed by atoms with E-state index in [2.05, 4.69) is 16.0 Å². The highest BCUT2D eigenvalue weighted by Gasteiger charge is 2.32. The van der Waals surface area contributed by atoms with E-state index in [0.29, 0.717) is 6.42 Å². The van der Waals surface area contributed by atoms with Crippen LogP contribution < -0.4 is 21.7 Å². The molecule has 0 heterocycles. The molecule has 8 N–H and O–H groups in total. The number of hydrogen-bond donors (Lipinski definition) is 7. The van der Waals surface area contributed by atoms with Gasteiger partial charge in [-0.25, -0.2) is 4.79 Å². The lowest BCUT2D eigenvalue weighted by molar-refractivity contribution is -0.144. The van der Waals surface area contributed by atoms with Crippen LogP contribution in [0.3, 0.4) is 0 Å². The fourth-order valence-electron chi connectivity index (χ4n) is 2.89. The van der Waals surface area contributed by atoms with Gasteiger partial charge in [0.15, 0.2) is 0 Å². The highest BCUT2D eigenvalue weighted by atomic mass is 16.4. The van der Waals surface area contributed by atoms with Gasteiger partial charge >= 0.3 is 17.9 Å². The summed E-state index contributed by atoms with van der Waals surface area (Å²) in [5.74, 6) is -7.03. The summed E-state index contributed by atoms with van der Waals surface area (Å²) in [7, 11) is 0. The van der Waals surface area contributed by atoms with E-state index in [-0.39, 0.29) is 18.8 Å². The first-order valence-corrected chi connectivity index (χ1v) is 11.0. The van der Waals surface area contributed by atoms with Crippen LogP contribution in [0.2, 0.25) is 0 Å². The monoisotopic (exact) mass is 488 g/mol. The lowest BCUT2D eigenvalue weighted by Crippen LogP contribution is -2.58. The lowest BCUT2D eigenvalue weighted by atomic mass is 9.98. The van der Waals surface area contributed by atoms with Gasteiger partial charge in [0.1, 0.15) is 18.1 Å². The Bertz CT molecular complexity index is 757. The Morgan fingerprint density at radius 1 is 0.735 bits per heavy atom. The topological polar surface area (TPSA) is 225 Å². The molecule has 0 aromatic rings. The second kappa shape index (κ2) is 14.8. The molecule has 13 heteroatoms. The molecule has 3 amide bonds. The third-order valence-electron chi connectivity index (χ3n) is 5.35. The summed E-state index contributed by atoms with van der Waals surface area (Å²) < 4.78 is 0. The van der Waals surface area contributed by atoms with Crippen LogP contribution in [-0.2, 0) is 28.8 Å². The van der Waals surface area contributed by atoms with Crippen molar-refractivity contribution in [1.82, 2.24) is 16.0 Å². The van der Waals surface area contributed by atoms with Crippen molar-refractivity contribution in [3.05, 3.63) is 0 Å². The number of carbonyl (C=O) groups is 6. The average Bonchev–Trinajstić information content (AvgIpc) is 2.75. The number of rotatable bonds is 16. The minimum absolute atomic E-state index is 0.221. The van der Waals surface area contributed by atoms with Crippen molar-refractivity contribution in [3.63, 3.8) is 0 Å². The maximum atomic E-state index is 12.9. The minimum Gasteiger partial charge on any atom is -0.481 e. The standard InChI is InChI=1S/C21H36N4O9/c1-5-11(4)16(22)20(32)24-12(6-8-14(26)27)18(30)23-13(7-9-15(28)29)19(31)25-17(10(2)3)21(33)34/h10-13,16-17H,5-9,22H2,1-4H3,(H,23,30)(H,24,32)(H,25,31)(H,26,27)(H,28,29)(H,33,34). The van der Waals surface area contributed by atoms with Gasteiger partial charge in [0.05, 0.1) is 6.04 Å². The molecule has 0 spiro atoms. The lowest BCUT2D eigenvalue weighted by Gasteiger charge is -2.26. The third kappa shape index (κ3) is 11.1. The third-order valence-corrected chi connectivity index (χ3v) is 5.35. The number of aliphatic carboxylic acids is 3. The van der Waals surface area contributed by atoms with Gasteiger partial charge in [-0.3, -0.25) is 24.0 Å². The molecular formula is C21H36N4O9. The minimum atomic E-state index is -1.43. The van der Waals surface area contributed by atoms with Crippen molar-refractivity contribution in [2.45, 2.75) is 84.0 Å². The summed E-state index contributed by atoms with van der Waals surface area (Å²) in [6, 6.07) is -5.04. The Hall–Kier alpha value is -3.22. The zero-order valence-electron chi connectivity index (χ0n) is 19.9. The fourth-order valence-corrected chi connectivity index (χ4v) is 2.89. The van der Waals surface area contributed by atoms with E-state index in [1.165, 1.54) is 0 Å². The van der Waals surface area contributed by atoms with E-state index < -0.39 is 78.6 Å². The number of carboxylic acid groups (broad SMARTS) is 3. The molecule has 0 aliphatic carbocycles. The van der Waals surface area contributed by atoms with E-state index in [1.54, 1.807) is 20.8 Å². The first-order valence-electron chi connectivity index (χ1n) is 11.0. The molecule has 0 fully saturated rings. The maximum absolute atomic E-state index is 12.9. The molecule has 0 radical (unpaired) electrons. The number of nitrogens with one attached hydrogen (secondary N) is 3. The zero-order chi connectivity index (χ0) is 26.6. The van der Waals surface area contributed by atoms with Gasteiger partial charge in [0, 0.05) is 12.8 Å². The number of carbonyl (C=O) groups excluding carboxylic acids is 3. The van der Waals surface area contributed by atoms with Crippen LogP contribution in [-0.4, -0.2) is 75.1 Å². The second-order valence-electron chi connectivity index (χ2n) is 8.47. The fraction of sp³-hybridized carbons (Fsp3) is 0.714. The van der Waals surface area contributed by atoms with Crippen LogP contribution in [0.5, 0.6) is 0 Å². The summed E-state index contributed by atoms with van der Waals surface area (Å²) in [5.41, 5.74) is 5.87. The molecule has 5 atom stereocenters. The van der Waals surface area contributed by atoms with Gasteiger partial charge < -0.3 is 37.0 Å². The molecule has 0 saturated heterocycles. The van der Waals surface area contributed by atoms with Gasteiger partial charge in [-0.1, -0.05) is 34.1 Å². The van der Waals surface area contributed by atoms with Crippen LogP contribution in [0.4, 0.5) is 0 Å². The summed E-state index contributed by atoms with van der Waals surface area (Å²) >= 11 is 0. The average molecular weight is 489 g/mol. The van der Waals surface area contributed by atoms with Crippen molar-refractivity contribution < 1.29 is 44.1 Å². The first kappa shape index (κ1) is 30.8. The maximum Gasteiger partial charge on any atom is 0.326 e. The molecule has 13 nitrogen and oxygen atoms in total. The summed E-state index contributed by atoms with van der Waals surface area (Å²) in [6.07, 6.45) is -1.07. The van der Waals surface area contributed by atoms with Crippen LogP contribution in [0.25, 0.3) is 0 Å². The van der Waals surface area contributed by atoms with Gasteiger partial charge in [0.25, 0.3) is 0 Å². The van der Waals surface area contributed by atoms with Gasteiger partial charge in [-0.15, -0.1) is 0 Å². The van der Waals surface area contributed by atoms with Gasteiger partial charge in [-0.2, -0.15) is 0 Å². The van der Waals surface area contributed by atoms with Gasteiger partial charge in [0.2, 0.25) is 17.7 Å². The quantitative estimate of drug-likeness (QED) is 0.144. The Kier molecular flexibility index (Phi) is 13.4. The predicted molar refractivity (Wildman–Crippen MR) is 119 cm³/mol. The zero-order valence-corrected chi connectivity index (χ0v) is 19.9. The van der Waals surface area contributed by atoms with Crippen LogP contribution in [0.1, 0.15) is 59.8 Å². The molecule has 0 bridgehead atoms. The van der Waals surface area contributed by atoms with E-state index in [0.717, 1.165) is 0 Å². The molecule has 0 aliphatic rings. The molecule has 0 saturated carbocycles. The summed E-state index contributed by atoms with van der Waals surface area (Å²) in [6.45, 7) is 6.67. The van der Waals surface area contributed by atoms with Crippen molar-refractivity contribution in [3.8, 4) is 0 Å². The molecule has 0 rings (SSSR count). The second-order valence-corrected chi connectivity index (χ2v) is 8.47. The van der Waals surface area contributed by atoms with Crippen molar-refractivity contribution in [1.29, 1.82) is 0 Å². The molecule has 5 unspecified atom stereocenters. The Balaban J connectivity index is 5.66. The van der Waals surface area contributed by atoms with E-state index in [1.807, 2.05) is 6.92 Å². The van der Waals surface area contributed by atoms with Crippen LogP contribution in [0.15, 0.2) is 0 Å². The molecule has 0 aromatic heterocycles. The SMILES string of the molecule is CCC(C)C(N)C(=O)NC(CCC(=O)O)C(=O)NC(CCC(=O)O)C(=O)NC(C(=O)O)C(C)C. The number of amides is 3. The summed E-state index contributed by atoms with van der Waals surface area (Å²) in [4.78, 5) is 71.4. The van der Waals surface area contributed by atoms with Crippen LogP contribution in [0, 0.1) is 11.8 Å². The van der Waals surface area contributed by atoms with E-state index >= 15 is 0 Å². The van der Waals surface area contributed by atoms with Gasteiger partial charge in [-0.05, 0) is 24.7 Å². The van der Waals surface area contributed by atoms with Crippen LogP contribution >= 0.6 is 0 Å². The van der Waals surface area contributed by atoms with E-state index in [9.17, 15) is 33.9 Å². The van der Waals surface area contributed by atoms with Crippen molar-refractivity contribution in [2.75, 3.05) is 0 Å². The first-order chi connectivity index (χ1) is 15.7. The molecule has 0 aliphatic heterocycles. The predicted octanol–water partition coefficient (Wildman–Crippen LogP) is -0.716. The largest absolute Gasteiger partial charge is 0.481 e. The molecular weight excluding hydrogens is 452 g/mol. The smallest absolute Gasteiger partial charge is 0.326 e. The summed E-state index contributed by atoms with van der Waals surface area (Å²) in [5, 5.41) is 34.2. The van der Waals surface area contributed by atoms with Crippen molar-refractivity contribution >= 4 is 35.6 Å². The number of carboxylic acids is 3. The normalized spacial score (nSPS) is 15.4. The van der Waals surface area contributed by atoms with Crippen molar-refractivity contribution in [2.24, 2.45) is 17.6 Å². The Labute approximate surface area is 197 Å². The van der Waals surface area contributed by atoms with E-state index in [4.69, 9.17) is 15.9 Å². The molecule has 194 valence electrons. The number of hydrogen-bond acceptors (Lipinski definition) is 7. The highest BCUT2D eigenvalue weighted by molar-refractivity contribution is 5.94. The molecule has 34 heavy (non-hydrogen) atoms.